The van der Waals surface area contributed by atoms with E-state index in [1.807, 2.05) is 88.4 Å². The van der Waals surface area contributed by atoms with Crippen LogP contribution in [0.3, 0.4) is 0 Å². The van der Waals surface area contributed by atoms with Crippen molar-refractivity contribution in [2.75, 3.05) is 4.90 Å². The summed E-state index contributed by atoms with van der Waals surface area (Å²) in [6.45, 7) is 7.41. The summed E-state index contributed by atoms with van der Waals surface area (Å²) in [5.41, 5.74) is 1.88. The van der Waals surface area contributed by atoms with Crippen LogP contribution in [0.25, 0.3) is 0 Å². The van der Waals surface area contributed by atoms with Crippen molar-refractivity contribution in [2.24, 2.45) is 5.92 Å². The molecule has 0 aliphatic rings. The van der Waals surface area contributed by atoms with Crippen LogP contribution in [0.4, 0.5) is 11.4 Å². The van der Waals surface area contributed by atoms with Gasteiger partial charge in [-0.15, -0.1) is 0 Å². The molecule has 3 aromatic rings. The number of carboxylic acid groups (broad SMARTS) is 1. The third-order valence-electron chi connectivity index (χ3n) is 5.38. The standard InChI is InChI=1S/C29H32N2O5/c1-19(2)17-25(29(34)35)30-27(32)24-16-15-21(18-26(24)36-20(3)4)28(33)31(22-11-7-5-8-12-22)23-13-9-6-10-14-23/h5-16,18-20,25H,17H2,1-4H3,(H,30,32)(H,34,35)/t25-/m0/s1. The highest BCUT2D eigenvalue weighted by atomic mass is 16.5. The number of ether oxygens (including phenoxy) is 1. The molecule has 0 aliphatic carbocycles. The van der Waals surface area contributed by atoms with Crippen LogP contribution in [-0.2, 0) is 4.79 Å². The second-order valence-electron chi connectivity index (χ2n) is 9.18. The molecule has 0 saturated heterocycles. The lowest BCUT2D eigenvalue weighted by molar-refractivity contribution is -0.139. The lowest BCUT2D eigenvalue weighted by atomic mass is 10.0. The maximum Gasteiger partial charge on any atom is 0.326 e. The fraction of sp³-hybridized carbons (Fsp3) is 0.276. The molecule has 0 aliphatic heterocycles. The van der Waals surface area contributed by atoms with Crippen LogP contribution in [-0.4, -0.2) is 35.0 Å². The molecule has 3 aromatic carbocycles. The summed E-state index contributed by atoms with van der Waals surface area (Å²) in [6.07, 6.45) is 0.0217. The molecule has 0 fully saturated rings. The average Bonchev–Trinajstić information content (AvgIpc) is 2.84. The van der Waals surface area contributed by atoms with Gasteiger partial charge in [-0.2, -0.15) is 0 Å². The number of nitrogens with zero attached hydrogens (tertiary/aromatic N) is 1. The first-order chi connectivity index (χ1) is 17.2. The van der Waals surface area contributed by atoms with Gasteiger partial charge in [0.25, 0.3) is 11.8 Å². The Labute approximate surface area is 211 Å². The third kappa shape index (κ3) is 6.72. The van der Waals surface area contributed by atoms with Gasteiger partial charge in [-0.1, -0.05) is 50.2 Å². The normalized spacial score (nSPS) is 11.7. The van der Waals surface area contributed by atoms with Gasteiger partial charge in [0, 0.05) is 16.9 Å². The Balaban J connectivity index is 1.99. The predicted octanol–water partition coefficient (Wildman–Crippen LogP) is 5.68. The second-order valence-corrected chi connectivity index (χ2v) is 9.18. The van der Waals surface area contributed by atoms with Crippen molar-refractivity contribution in [3.8, 4) is 5.75 Å². The molecule has 0 spiro atoms. The van der Waals surface area contributed by atoms with E-state index in [9.17, 15) is 19.5 Å². The number of carbonyl (C=O) groups excluding carboxylic acids is 2. The maximum absolute atomic E-state index is 13.7. The summed E-state index contributed by atoms with van der Waals surface area (Å²) >= 11 is 0. The summed E-state index contributed by atoms with van der Waals surface area (Å²) in [5, 5.41) is 12.1. The van der Waals surface area contributed by atoms with E-state index in [-0.39, 0.29) is 29.2 Å². The Kier molecular flexibility index (Phi) is 8.84. The highest BCUT2D eigenvalue weighted by molar-refractivity contribution is 6.11. The molecular formula is C29H32N2O5. The molecule has 7 nitrogen and oxygen atoms in total. The minimum atomic E-state index is -1.10. The number of rotatable bonds is 10. The zero-order valence-electron chi connectivity index (χ0n) is 21.0. The van der Waals surface area contributed by atoms with Crippen LogP contribution in [0.15, 0.2) is 78.9 Å². The SMILES string of the molecule is CC(C)C[C@H](NC(=O)c1ccc(C(=O)N(c2ccccc2)c2ccccc2)cc1OC(C)C)C(=O)O. The number of aliphatic carboxylic acids is 1. The van der Waals surface area contributed by atoms with Crippen LogP contribution in [0, 0.1) is 5.92 Å². The van der Waals surface area contributed by atoms with Crippen LogP contribution in [0.1, 0.15) is 54.8 Å². The van der Waals surface area contributed by atoms with Crippen molar-refractivity contribution in [1.29, 1.82) is 0 Å². The van der Waals surface area contributed by atoms with Gasteiger partial charge in [0.2, 0.25) is 0 Å². The monoisotopic (exact) mass is 488 g/mol. The summed E-state index contributed by atoms with van der Waals surface area (Å²) in [7, 11) is 0. The number of hydrogen-bond acceptors (Lipinski definition) is 4. The number of anilines is 2. The van der Waals surface area contributed by atoms with Crippen molar-refractivity contribution in [3.05, 3.63) is 90.0 Å². The van der Waals surface area contributed by atoms with E-state index in [1.54, 1.807) is 11.0 Å². The fourth-order valence-electron chi connectivity index (χ4n) is 3.79. The second kappa shape index (κ2) is 12.0. The first-order valence-electron chi connectivity index (χ1n) is 12.0. The average molecular weight is 489 g/mol. The Morgan fingerprint density at radius 3 is 1.89 bits per heavy atom. The quantitative estimate of drug-likeness (QED) is 0.383. The summed E-state index contributed by atoms with van der Waals surface area (Å²) in [6, 6.07) is 22.1. The molecule has 0 heterocycles. The fourth-order valence-corrected chi connectivity index (χ4v) is 3.79. The minimum absolute atomic E-state index is 0.0831. The maximum atomic E-state index is 13.7. The van der Waals surface area contributed by atoms with E-state index in [4.69, 9.17) is 4.74 Å². The number of nitrogens with one attached hydrogen (secondary N) is 1. The van der Waals surface area contributed by atoms with Crippen molar-refractivity contribution in [1.82, 2.24) is 5.32 Å². The molecule has 36 heavy (non-hydrogen) atoms. The third-order valence-corrected chi connectivity index (χ3v) is 5.38. The molecule has 0 bridgehead atoms. The number of carboxylic acids is 1. The molecule has 2 amide bonds. The van der Waals surface area contributed by atoms with Gasteiger partial charge in [0.05, 0.1) is 11.7 Å². The molecular weight excluding hydrogens is 456 g/mol. The number of carbonyl (C=O) groups is 3. The predicted molar refractivity (Wildman–Crippen MR) is 140 cm³/mol. The zero-order valence-corrected chi connectivity index (χ0v) is 21.0. The topological polar surface area (TPSA) is 95.9 Å². The first kappa shape index (κ1) is 26.5. The van der Waals surface area contributed by atoms with Gasteiger partial charge in [-0.25, -0.2) is 4.79 Å². The summed E-state index contributed by atoms with van der Waals surface area (Å²) < 4.78 is 5.89. The molecule has 0 radical (unpaired) electrons. The van der Waals surface area contributed by atoms with Gasteiger partial charge in [0.15, 0.2) is 0 Å². The molecule has 3 rings (SSSR count). The van der Waals surface area contributed by atoms with Crippen LogP contribution in [0.5, 0.6) is 5.75 Å². The number of para-hydroxylation sites is 2. The number of benzene rings is 3. The molecule has 0 saturated carbocycles. The van der Waals surface area contributed by atoms with Gasteiger partial charge in [-0.3, -0.25) is 14.5 Å². The molecule has 1 atom stereocenters. The largest absolute Gasteiger partial charge is 0.490 e. The highest BCUT2D eigenvalue weighted by Crippen LogP contribution is 2.29. The van der Waals surface area contributed by atoms with E-state index < -0.39 is 17.9 Å². The number of hydrogen-bond donors (Lipinski definition) is 2. The lowest BCUT2D eigenvalue weighted by Crippen LogP contribution is -2.41. The Morgan fingerprint density at radius 2 is 1.42 bits per heavy atom. The molecule has 2 N–H and O–H groups in total. The Bertz CT molecular complexity index is 1150. The van der Waals surface area contributed by atoms with E-state index in [0.29, 0.717) is 23.4 Å². The molecule has 0 aromatic heterocycles. The van der Waals surface area contributed by atoms with Crippen LogP contribution in [0.2, 0.25) is 0 Å². The Hall–Kier alpha value is -4.13. The van der Waals surface area contributed by atoms with Gasteiger partial charge >= 0.3 is 5.97 Å². The van der Waals surface area contributed by atoms with Crippen LogP contribution < -0.4 is 15.0 Å². The first-order valence-corrected chi connectivity index (χ1v) is 12.0. The van der Waals surface area contributed by atoms with Crippen molar-refractivity contribution in [2.45, 2.75) is 46.3 Å². The Morgan fingerprint density at radius 1 is 0.861 bits per heavy atom. The smallest absolute Gasteiger partial charge is 0.326 e. The van der Waals surface area contributed by atoms with E-state index in [0.717, 1.165) is 0 Å². The van der Waals surface area contributed by atoms with Gasteiger partial charge < -0.3 is 15.2 Å². The van der Waals surface area contributed by atoms with Gasteiger partial charge in [0.1, 0.15) is 11.8 Å². The molecule has 7 heteroatoms. The van der Waals surface area contributed by atoms with Crippen molar-refractivity contribution in [3.63, 3.8) is 0 Å². The molecule has 0 unspecified atom stereocenters. The summed E-state index contributed by atoms with van der Waals surface area (Å²) in [4.78, 5) is 40.0. The van der Waals surface area contributed by atoms with Crippen molar-refractivity contribution < 1.29 is 24.2 Å². The minimum Gasteiger partial charge on any atom is -0.490 e. The lowest BCUT2D eigenvalue weighted by Gasteiger charge is -2.24. The van der Waals surface area contributed by atoms with Gasteiger partial charge in [-0.05, 0) is 68.7 Å². The molecule has 188 valence electrons. The van der Waals surface area contributed by atoms with E-state index in [1.165, 1.54) is 12.1 Å². The van der Waals surface area contributed by atoms with E-state index in [2.05, 4.69) is 5.32 Å². The summed E-state index contributed by atoms with van der Waals surface area (Å²) in [5.74, 6) is -1.67. The van der Waals surface area contributed by atoms with Crippen LogP contribution >= 0.6 is 0 Å². The van der Waals surface area contributed by atoms with E-state index >= 15 is 0 Å². The number of amides is 2. The van der Waals surface area contributed by atoms with Crippen molar-refractivity contribution >= 4 is 29.2 Å². The highest BCUT2D eigenvalue weighted by Gasteiger charge is 2.26. The zero-order chi connectivity index (χ0) is 26.2.